The Morgan fingerprint density at radius 1 is 1.32 bits per heavy atom. The predicted molar refractivity (Wildman–Crippen MR) is 107 cm³/mol. The van der Waals surface area contributed by atoms with Crippen molar-refractivity contribution in [2.75, 3.05) is 25.0 Å². The average Bonchev–Trinajstić information content (AvgIpc) is 2.65. The Hall–Kier alpha value is -2.47. The average molecular weight is 404 g/mol. The van der Waals surface area contributed by atoms with Crippen molar-refractivity contribution >= 4 is 29.1 Å². The minimum Gasteiger partial charge on any atom is -0.341 e. The van der Waals surface area contributed by atoms with Crippen LogP contribution >= 0.6 is 11.6 Å². The molecule has 1 aliphatic rings. The molecule has 1 aromatic heterocycles. The summed E-state index contributed by atoms with van der Waals surface area (Å²) in [5, 5.41) is 0.430. The topological polar surface area (TPSA) is 53.5 Å². The summed E-state index contributed by atoms with van der Waals surface area (Å²) < 4.78 is 14.4. The molecule has 28 heavy (non-hydrogen) atoms. The maximum atomic E-state index is 14.4. The number of benzene rings is 1. The van der Waals surface area contributed by atoms with Crippen molar-refractivity contribution < 1.29 is 14.0 Å². The van der Waals surface area contributed by atoms with Gasteiger partial charge >= 0.3 is 0 Å². The van der Waals surface area contributed by atoms with E-state index in [-0.39, 0.29) is 23.4 Å². The van der Waals surface area contributed by atoms with E-state index in [2.05, 4.69) is 4.98 Å². The summed E-state index contributed by atoms with van der Waals surface area (Å²) in [6.45, 7) is 2.89. The van der Waals surface area contributed by atoms with E-state index in [1.54, 1.807) is 37.2 Å². The summed E-state index contributed by atoms with van der Waals surface area (Å²) in [6.07, 6.45) is 2.86. The number of carbonyl (C=O) groups excluding carboxylic acids is 2. The molecule has 2 amide bonds. The van der Waals surface area contributed by atoms with Crippen LogP contribution in [0.5, 0.6) is 0 Å². The molecule has 148 valence electrons. The van der Waals surface area contributed by atoms with Gasteiger partial charge in [-0.15, -0.1) is 0 Å². The van der Waals surface area contributed by atoms with Crippen LogP contribution in [-0.4, -0.2) is 41.8 Å². The van der Waals surface area contributed by atoms with Gasteiger partial charge in [-0.25, -0.2) is 9.37 Å². The van der Waals surface area contributed by atoms with Crippen LogP contribution in [-0.2, 0) is 16.0 Å². The highest BCUT2D eigenvalue weighted by Gasteiger charge is 2.32. The normalized spacial score (nSPS) is 13.9. The Kier molecular flexibility index (Phi) is 6.29. The van der Waals surface area contributed by atoms with E-state index in [0.29, 0.717) is 37.5 Å². The fourth-order valence-corrected chi connectivity index (χ4v) is 3.53. The first kappa shape index (κ1) is 20.3. The molecule has 0 saturated carbocycles. The van der Waals surface area contributed by atoms with Gasteiger partial charge in [-0.1, -0.05) is 30.7 Å². The zero-order valence-electron chi connectivity index (χ0n) is 16.0. The van der Waals surface area contributed by atoms with Crippen LogP contribution in [0, 0.1) is 5.82 Å². The molecular weight excluding hydrogens is 381 g/mol. The van der Waals surface area contributed by atoms with Crippen LogP contribution in [0.4, 0.5) is 10.1 Å². The molecular formula is C21H23ClFN3O2. The van der Waals surface area contributed by atoms with E-state index in [1.807, 2.05) is 12.1 Å². The van der Waals surface area contributed by atoms with E-state index in [4.69, 9.17) is 11.6 Å². The minimum absolute atomic E-state index is 0.0570. The molecule has 5 nitrogen and oxygen atoms in total. The number of anilines is 1. The lowest BCUT2D eigenvalue weighted by molar-refractivity contribution is -0.135. The third-order valence-electron chi connectivity index (χ3n) is 5.16. The van der Waals surface area contributed by atoms with Crippen LogP contribution in [0.25, 0.3) is 0 Å². The van der Waals surface area contributed by atoms with Gasteiger partial charge in [0.15, 0.2) is 0 Å². The van der Waals surface area contributed by atoms with Gasteiger partial charge in [-0.3, -0.25) is 9.59 Å². The second-order valence-electron chi connectivity index (χ2n) is 6.97. The molecule has 7 heteroatoms. The number of aryl methyl sites for hydroxylation is 1. The lowest BCUT2D eigenvalue weighted by Gasteiger charge is -2.40. The number of aromatic nitrogens is 1. The maximum Gasteiger partial charge on any atom is 0.226 e. The van der Waals surface area contributed by atoms with E-state index < -0.39 is 5.82 Å². The highest BCUT2D eigenvalue weighted by atomic mass is 35.5. The van der Waals surface area contributed by atoms with Crippen molar-refractivity contribution in [2.45, 2.75) is 32.1 Å². The van der Waals surface area contributed by atoms with Crippen LogP contribution < -0.4 is 4.90 Å². The van der Waals surface area contributed by atoms with Crippen molar-refractivity contribution in [1.29, 1.82) is 0 Å². The first-order chi connectivity index (χ1) is 13.4. The maximum absolute atomic E-state index is 14.4. The Morgan fingerprint density at radius 2 is 2.07 bits per heavy atom. The van der Waals surface area contributed by atoms with Gasteiger partial charge in [-0.2, -0.15) is 0 Å². The molecule has 0 radical (unpaired) electrons. The van der Waals surface area contributed by atoms with Crippen LogP contribution in [0.1, 0.15) is 36.8 Å². The minimum atomic E-state index is -0.419. The van der Waals surface area contributed by atoms with Crippen molar-refractivity contribution in [1.82, 2.24) is 9.88 Å². The molecule has 3 rings (SSSR count). The predicted octanol–water partition coefficient (Wildman–Crippen LogP) is 3.81. The summed E-state index contributed by atoms with van der Waals surface area (Å²) >= 11 is 6.02. The first-order valence-electron chi connectivity index (χ1n) is 9.33. The molecule has 0 unspecified atom stereocenters. The van der Waals surface area contributed by atoms with Gasteiger partial charge in [0, 0.05) is 45.1 Å². The van der Waals surface area contributed by atoms with Crippen LogP contribution in [0.15, 0.2) is 36.5 Å². The number of amides is 2. The summed E-state index contributed by atoms with van der Waals surface area (Å²) in [6, 6.07) is 8.60. The van der Waals surface area contributed by atoms with E-state index >= 15 is 0 Å². The van der Waals surface area contributed by atoms with Crippen LogP contribution in [0.3, 0.4) is 0 Å². The molecule has 1 aliphatic heterocycles. The Morgan fingerprint density at radius 3 is 2.71 bits per heavy atom. The number of carbonyl (C=O) groups is 2. The smallest absolute Gasteiger partial charge is 0.226 e. The number of rotatable bonds is 6. The molecule has 0 N–H and O–H groups in total. The molecule has 1 saturated heterocycles. The zero-order chi connectivity index (χ0) is 20.3. The number of pyridine rings is 1. The fourth-order valence-electron chi connectivity index (χ4n) is 3.32. The fraction of sp³-hybridized carbons (Fsp3) is 0.381. The summed E-state index contributed by atoms with van der Waals surface area (Å²) in [5.41, 5.74) is 1.98. The quantitative estimate of drug-likeness (QED) is 0.689. The molecule has 2 aromatic rings. The van der Waals surface area contributed by atoms with Gasteiger partial charge in [-0.05, 0) is 35.7 Å². The Labute approximate surface area is 169 Å². The Balaban J connectivity index is 1.54. The Bertz CT molecular complexity index is 884. The van der Waals surface area contributed by atoms with Gasteiger partial charge in [0.05, 0.1) is 5.69 Å². The summed E-state index contributed by atoms with van der Waals surface area (Å²) in [4.78, 5) is 31.2. The van der Waals surface area contributed by atoms with E-state index in [0.717, 1.165) is 11.1 Å². The number of hydrogen-bond donors (Lipinski definition) is 0. The van der Waals surface area contributed by atoms with Crippen molar-refractivity contribution in [3.63, 3.8) is 0 Å². The van der Waals surface area contributed by atoms with Crippen molar-refractivity contribution in [2.24, 2.45) is 0 Å². The third kappa shape index (κ3) is 4.33. The van der Waals surface area contributed by atoms with E-state index in [9.17, 15) is 14.0 Å². The highest BCUT2D eigenvalue weighted by molar-refractivity contribution is 6.30. The molecule has 0 spiro atoms. The molecule has 1 aromatic carbocycles. The lowest BCUT2D eigenvalue weighted by atomic mass is 9.90. The molecule has 0 atom stereocenters. The largest absolute Gasteiger partial charge is 0.341 e. The van der Waals surface area contributed by atoms with Crippen molar-refractivity contribution in [3.8, 4) is 0 Å². The molecule has 0 aliphatic carbocycles. The van der Waals surface area contributed by atoms with Gasteiger partial charge in [0.1, 0.15) is 11.0 Å². The van der Waals surface area contributed by atoms with Crippen LogP contribution in [0.2, 0.25) is 5.15 Å². The number of nitrogens with zero attached hydrogens (tertiary/aromatic N) is 3. The number of halogens is 2. The third-order valence-corrected chi connectivity index (χ3v) is 5.50. The number of hydrogen-bond acceptors (Lipinski definition) is 3. The summed E-state index contributed by atoms with van der Waals surface area (Å²) in [7, 11) is 1.57. The second-order valence-corrected chi connectivity index (χ2v) is 7.32. The molecule has 1 fully saturated rings. The number of likely N-dealkylation sites (tertiary alicyclic amines) is 1. The van der Waals surface area contributed by atoms with Crippen molar-refractivity contribution in [3.05, 3.63) is 58.6 Å². The molecule has 0 bridgehead atoms. The van der Waals surface area contributed by atoms with E-state index in [1.165, 1.54) is 11.0 Å². The van der Waals surface area contributed by atoms with Gasteiger partial charge in [0.2, 0.25) is 11.8 Å². The monoisotopic (exact) mass is 403 g/mol. The molecule has 2 heterocycles. The zero-order valence-corrected chi connectivity index (χ0v) is 16.7. The van der Waals surface area contributed by atoms with Gasteiger partial charge < -0.3 is 9.80 Å². The first-order valence-corrected chi connectivity index (χ1v) is 9.71. The highest BCUT2D eigenvalue weighted by Crippen LogP contribution is 2.31. The second kappa shape index (κ2) is 8.69. The summed E-state index contributed by atoms with van der Waals surface area (Å²) in [5.74, 6) is -0.387. The lowest BCUT2D eigenvalue weighted by Crippen LogP contribution is -2.48. The standard InChI is InChI=1S/C21H23ClFN3O2/c1-3-19(27)25(2)18-8-6-15(11-17(18)23)16-12-26(13-16)20(28)9-7-14-5-4-10-24-21(14)22/h4-6,8,10-11,16H,3,7,9,12-13H2,1-2H3. The van der Waals surface area contributed by atoms with Gasteiger partial charge in [0.25, 0.3) is 0 Å². The SMILES string of the molecule is CCC(=O)N(C)c1ccc(C2CN(C(=O)CCc3cccnc3Cl)C2)cc1F.